The fourth-order valence-electron chi connectivity index (χ4n) is 1.66. The van der Waals surface area contributed by atoms with E-state index in [4.69, 9.17) is 16.7 Å². The molecular weight excluding hydrogens is 318 g/mol. The van der Waals surface area contributed by atoms with E-state index >= 15 is 0 Å². The van der Waals surface area contributed by atoms with Gasteiger partial charge in [-0.3, -0.25) is 9.69 Å². The van der Waals surface area contributed by atoms with E-state index in [1.165, 1.54) is 0 Å². The van der Waals surface area contributed by atoms with E-state index in [0.29, 0.717) is 18.1 Å². The van der Waals surface area contributed by atoms with Crippen molar-refractivity contribution in [2.45, 2.75) is 20.4 Å². The van der Waals surface area contributed by atoms with Gasteiger partial charge in [0.1, 0.15) is 0 Å². The maximum Gasteiger partial charge on any atom is 0.307 e. The summed E-state index contributed by atoms with van der Waals surface area (Å²) in [7, 11) is 0. The Labute approximate surface area is 121 Å². The Balaban J connectivity index is 2.70. The second-order valence-corrected chi connectivity index (χ2v) is 5.59. The summed E-state index contributed by atoms with van der Waals surface area (Å²) in [4.78, 5) is 13.0. The van der Waals surface area contributed by atoms with Gasteiger partial charge in [0.05, 0.1) is 5.92 Å². The predicted octanol–water partition coefficient (Wildman–Crippen LogP) is 3.65. The van der Waals surface area contributed by atoms with Crippen LogP contribution in [0.3, 0.4) is 0 Å². The van der Waals surface area contributed by atoms with Crippen molar-refractivity contribution in [3.63, 3.8) is 0 Å². The van der Waals surface area contributed by atoms with Crippen molar-refractivity contribution < 1.29 is 9.90 Å². The highest BCUT2D eigenvalue weighted by molar-refractivity contribution is 9.10. The Morgan fingerprint density at radius 3 is 2.72 bits per heavy atom. The molecule has 0 aliphatic carbocycles. The third-order valence-electron chi connectivity index (χ3n) is 2.81. The van der Waals surface area contributed by atoms with E-state index in [2.05, 4.69) is 20.8 Å². The van der Waals surface area contributed by atoms with Gasteiger partial charge >= 0.3 is 5.97 Å². The van der Waals surface area contributed by atoms with Gasteiger partial charge < -0.3 is 5.11 Å². The van der Waals surface area contributed by atoms with E-state index < -0.39 is 5.97 Å². The van der Waals surface area contributed by atoms with Crippen molar-refractivity contribution >= 4 is 33.5 Å². The maximum absolute atomic E-state index is 10.9. The van der Waals surface area contributed by atoms with Crippen LogP contribution in [0.4, 0.5) is 0 Å². The SMILES string of the molecule is CCN(Cc1ccc(Cl)cc1Br)CC(C)C(=O)O. The van der Waals surface area contributed by atoms with Crippen LogP contribution in [0, 0.1) is 5.92 Å². The molecule has 1 aromatic rings. The van der Waals surface area contributed by atoms with Crippen LogP contribution in [0.15, 0.2) is 22.7 Å². The lowest BCUT2D eigenvalue weighted by Crippen LogP contribution is -2.31. The minimum absolute atomic E-state index is 0.365. The van der Waals surface area contributed by atoms with E-state index in [1.807, 2.05) is 25.1 Å². The lowest BCUT2D eigenvalue weighted by atomic mass is 10.1. The van der Waals surface area contributed by atoms with Crippen LogP contribution in [-0.4, -0.2) is 29.1 Å². The van der Waals surface area contributed by atoms with Crippen molar-refractivity contribution in [1.82, 2.24) is 4.90 Å². The summed E-state index contributed by atoms with van der Waals surface area (Å²) in [6.07, 6.45) is 0. The molecule has 0 bridgehead atoms. The molecule has 18 heavy (non-hydrogen) atoms. The highest BCUT2D eigenvalue weighted by Gasteiger charge is 2.16. The normalized spacial score (nSPS) is 12.7. The summed E-state index contributed by atoms with van der Waals surface area (Å²) in [6, 6.07) is 5.65. The number of carboxylic acid groups (broad SMARTS) is 1. The highest BCUT2D eigenvalue weighted by atomic mass is 79.9. The Kier molecular flexibility index (Phi) is 6.12. The van der Waals surface area contributed by atoms with Gasteiger partial charge in [-0.1, -0.05) is 47.4 Å². The van der Waals surface area contributed by atoms with Crippen LogP contribution in [-0.2, 0) is 11.3 Å². The summed E-state index contributed by atoms with van der Waals surface area (Å²) in [5.74, 6) is -1.13. The lowest BCUT2D eigenvalue weighted by molar-refractivity contribution is -0.141. The first-order chi connectivity index (χ1) is 8.43. The molecule has 0 aromatic heterocycles. The van der Waals surface area contributed by atoms with E-state index in [-0.39, 0.29) is 5.92 Å². The molecule has 0 saturated heterocycles. The zero-order chi connectivity index (χ0) is 13.7. The van der Waals surface area contributed by atoms with E-state index in [0.717, 1.165) is 16.6 Å². The first-order valence-corrected chi connectivity index (χ1v) is 7.00. The van der Waals surface area contributed by atoms with Crippen molar-refractivity contribution in [1.29, 1.82) is 0 Å². The largest absolute Gasteiger partial charge is 0.481 e. The molecular formula is C13H17BrClNO2. The molecule has 0 amide bonds. The fraction of sp³-hybridized carbons (Fsp3) is 0.462. The van der Waals surface area contributed by atoms with Crippen LogP contribution < -0.4 is 0 Å². The lowest BCUT2D eigenvalue weighted by Gasteiger charge is -2.23. The smallest absolute Gasteiger partial charge is 0.307 e. The Bertz CT molecular complexity index is 425. The van der Waals surface area contributed by atoms with E-state index in [1.54, 1.807) is 6.92 Å². The Hall–Kier alpha value is -0.580. The molecule has 0 saturated carbocycles. The third-order valence-corrected chi connectivity index (χ3v) is 3.78. The number of rotatable bonds is 6. The summed E-state index contributed by atoms with van der Waals surface area (Å²) >= 11 is 9.36. The Morgan fingerprint density at radius 2 is 2.22 bits per heavy atom. The van der Waals surface area contributed by atoms with E-state index in [9.17, 15) is 4.79 Å². The summed E-state index contributed by atoms with van der Waals surface area (Å²) < 4.78 is 0.955. The predicted molar refractivity (Wildman–Crippen MR) is 76.9 cm³/mol. The molecule has 0 aliphatic rings. The van der Waals surface area contributed by atoms with Gasteiger partial charge in [0.15, 0.2) is 0 Å². The zero-order valence-corrected chi connectivity index (χ0v) is 12.8. The maximum atomic E-state index is 10.9. The highest BCUT2D eigenvalue weighted by Crippen LogP contribution is 2.23. The average molecular weight is 335 g/mol. The van der Waals surface area contributed by atoms with Crippen LogP contribution in [0.1, 0.15) is 19.4 Å². The molecule has 100 valence electrons. The molecule has 1 rings (SSSR count). The van der Waals surface area contributed by atoms with Crippen molar-refractivity contribution in [2.24, 2.45) is 5.92 Å². The first-order valence-electron chi connectivity index (χ1n) is 5.83. The number of nitrogens with zero attached hydrogens (tertiary/aromatic N) is 1. The first kappa shape index (κ1) is 15.5. The quantitative estimate of drug-likeness (QED) is 0.863. The molecule has 5 heteroatoms. The van der Waals surface area contributed by atoms with Crippen LogP contribution in [0.2, 0.25) is 5.02 Å². The van der Waals surface area contributed by atoms with Crippen molar-refractivity contribution in [3.8, 4) is 0 Å². The number of aliphatic carboxylic acids is 1. The van der Waals surface area contributed by atoms with Crippen molar-refractivity contribution in [3.05, 3.63) is 33.3 Å². The number of hydrogen-bond donors (Lipinski definition) is 1. The van der Waals surface area contributed by atoms with Gasteiger partial charge in [-0.15, -0.1) is 0 Å². The number of hydrogen-bond acceptors (Lipinski definition) is 2. The second kappa shape index (κ2) is 7.12. The molecule has 0 spiro atoms. The molecule has 0 radical (unpaired) electrons. The molecule has 1 aromatic carbocycles. The molecule has 1 atom stereocenters. The number of carbonyl (C=O) groups is 1. The molecule has 0 aliphatic heterocycles. The Morgan fingerprint density at radius 1 is 1.56 bits per heavy atom. The van der Waals surface area contributed by atoms with Crippen LogP contribution in [0.25, 0.3) is 0 Å². The van der Waals surface area contributed by atoms with Gasteiger partial charge in [0.2, 0.25) is 0 Å². The van der Waals surface area contributed by atoms with Gasteiger partial charge in [-0.25, -0.2) is 0 Å². The third kappa shape index (κ3) is 4.59. The molecule has 3 nitrogen and oxygen atoms in total. The van der Waals surface area contributed by atoms with Gasteiger partial charge in [-0.05, 0) is 24.2 Å². The summed E-state index contributed by atoms with van der Waals surface area (Å²) in [5.41, 5.74) is 1.11. The molecule has 0 heterocycles. The summed E-state index contributed by atoms with van der Waals surface area (Å²) in [5, 5.41) is 9.62. The molecule has 0 fully saturated rings. The number of halogens is 2. The fourth-order valence-corrected chi connectivity index (χ4v) is 2.47. The topological polar surface area (TPSA) is 40.5 Å². The molecule has 1 N–H and O–H groups in total. The van der Waals surface area contributed by atoms with Gasteiger partial charge in [0.25, 0.3) is 0 Å². The van der Waals surface area contributed by atoms with Crippen LogP contribution in [0.5, 0.6) is 0 Å². The zero-order valence-electron chi connectivity index (χ0n) is 10.5. The standard InChI is InChI=1S/C13H17BrClNO2/c1-3-16(7-9(2)13(17)18)8-10-4-5-11(15)6-12(10)14/h4-6,9H,3,7-8H2,1-2H3,(H,17,18). The number of carboxylic acids is 1. The van der Waals surface area contributed by atoms with Crippen LogP contribution >= 0.6 is 27.5 Å². The average Bonchev–Trinajstić information content (AvgIpc) is 2.31. The van der Waals surface area contributed by atoms with Crippen molar-refractivity contribution in [2.75, 3.05) is 13.1 Å². The minimum atomic E-state index is -0.761. The summed E-state index contributed by atoms with van der Waals surface area (Å²) in [6.45, 7) is 5.82. The number of benzene rings is 1. The second-order valence-electron chi connectivity index (χ2n) is 4.30. The van der Waals surface area contributed by atoms with Gasteiger partial charge in [0, 0.05) is 22.6 Å². The molecule has 1 unspecified atom stereocenters. The minimum Gasteiger partial charge on any atom is -0.481 e. The van der Waals surface area contributed by atoms with Gasteiger partial charge in [-0.2, -0.15) is 0 Å². The monoisotopic (exact) mass is 333 g/mol.